The van der Waals surface area contributed by atoms with Crippen molar-refractivity contribution in [3.8, 4) is 11.6 Å². The van der Waals surface area contributed by atoms with Gasteiger partial charge >= 0.3 is 6.18 Å². The van der Waals surface area contributed by atoms with Gasteiger partial charge in [0.1, 0.15) is 5.69 Å². The lowest BCUT2D eigenvalue weighted by Crippen LogP contribution is -2.13. The standard InChI is InChI=1S/C16H13F3N4O/c1-23-12(5-8-20-23)13-21-14(22-24-13)15(6-7-15)10-3-2-4-11(9-10)16(17,18)19/h2-5,8-9H,6-7H2,1H3. The van der Waals surface area contributed by atoms with Gasteiger partial charge in [0.2, 0.25) is 0 Å². The van der Waals surface area contributed by atoms with E-state index in [1.165, 1.54) is 12.1 Å². The molecule has 2 heterocycles. The molecule has 0 N–H and O–H groups in total. The molecule has 1 aromatic carbocycles. The van der Waals surface area contributed by atoms with Gasteiger partial charge in [0, 0.05) is 13.2 Å². The highest BCUT2D eigenvalue weighted by molar-refractivity contribution is 5.48. The fourth-order valence-corrected chi connectivity index (χ4v) is 2.87. The minimum Gasteiger partial charge on any atom is -0.332 e. The first kappa shape index (κ1) is 14.9. The van der Waals surface area contributed by atoms with Crippen molar-refractivity contribution < 1.29 is 17.7 Å². The van der Waals surface area contributed by atoms with Crippen molar-refractivity contribution in [3.05, 3.63) is 53.5 Å². The Morgan fingerprint density at radius 3 is 2.62 bits per heavy atom. The Balaban J connectivity index is 1.72. The first-order chi connectivity index (χ1) is 11.4. The highest BCUT2D eigenvalue weighted by atomic mass is 19.4. The van der Waals surface area contributed by atoms with Crippen LogP contribution < -0.4 is 0 Å². The van der Waals surface area contributed by atoms with E-state index in [9.17, 15) is 13.2 Å². The molecule has 0 atom stereocenters. The van der Waals surface area contributed by atoms with Gasteiger partial charge in [-0.2, -0.15) is 23.3 Å². The third kappa shape index (κ3) is 2.29. The normalized spacial score (nSPS) is 16.3. The van der Waals surface area contributed by atoms with E-state index >= 15 is 0 Å². The molecular weight excluding hydrogens is 321 g/mol. The predicted octanol–water partition coefficient (Wildman–Crippen LogP) is 3.57. The van der Waals surface area contributed by atoms with Gasteiger partial charge in [-0.25, -0.2) is 0 Å². The average molecular weight is 334 g/mol. The Hall–Kier alpha value is -2.64. The largest absolute Gasteiger partial charge is 0.416 e. The molecule has 1 aliphatic carbocycles. The van der Waals surface area contributed by atoms with Crippen LogP contribution in [-0.4, -0.2) is 19.9 Å². The summed E-state index contributed by atoms with van der Waals surface area (Å²) >= 11 is 0. The van der Waals surface area contributed by atoms with Crippen LogP contribution in [0.25, 0.3) is 11.6 Å². The lowest BCUT2D eigenvalue weighted by Gasteiger charge is -2.14. The zero-order valence-electron chi connectivity index (χ0n) is 12.7. The molecule has 0 aliphatic heterocycles. The maximum atomic E-state index is 13.0. The zero-order chi connectivity index (χ0) is 16.9. The molecule has 1 aliphatic rings. The molecule has 124 valence electrons. The minimum atomic E-state index is -4.37. The third-order valence-electron chi connectivity index (χ3n) is 4.39. The smallest absolute Gasteiger partial charge is 0.332 e. The van der Waals surface area contributed by atoms with Crippen LogP contribution in [0.1, 0.15) is 29.8 Å². The Kier molecular flexibility index (Phi) is 3.06. The third-order valence-corrected chi connectivity index (χ3v) is 4.39. The average Bonchev–Trinajstić information content (AvgIpc) is 3.00. The molecule has 0 unspecified atom stereocenters. The van der Waals surface area contributed by atoms with Gasteiger partial charge in [0.05, 0.1) is 11.0 Å². The van der Waals surface area contributed by atoms with Crippen molar-refractivity contribution in [3.63, 3.8) is 0 Å². The maximum Gasteiger partial charge on any atom is 0.416 e. The Morgan fingerprint density at radius 2 is 2.00 bits per heavy atom. The van der Waals surface area contributed by atoms with Crippen LogP contribution >= 0.6 is 0 Å². The molecular formula is C16H13F3N4O. The highest BCUT2D eigenvalue weighted by Gasteiger charge is 2.50. The van der Waals surface area contributed by atoms with E-state index in [1.54, 1.807) is 30.1 Å². The summed E-state index contributed by atoms with van der Waals surface area (Å²) in [6, 6.07) is 7.08. The summed E-state index contributed by atoms with van der Waals surface area (Å²) in [4.78, 5) is 4.40. The number of hydrogen-bond donors (Lipinski definition) is 0. The van der Waals surface area contributed by atoms with E-state index in [1.807, 2.05) is 0 Å². The van der Waals surface area contributed by atoms with Gasteiger partial charge in [0.25, 0.3) is 5.89 Å². The zero-order valence-corrected chi connectivity index (χ0v) is 12.7. The monoisotopic (exact) mass is 334 g/mol. The summed E-state index contributed by atoms with van der Waals surface area (Å²) in [6.45, 7) is 0. The Bertz CT molecular complexity index is 893. The second-order valence-corrected chi connectivity index (χ2v) is 5.92. The van der Waals surface area contributed by atoms with Gasteiger partial charge in [0.15, 0.2) is 5.82 Å². The molecule has 1 saturated carbocycles. The van der Waals surface area contributed by atoms with Crippen molar-refractivity contribution in [1.29, 1.82) is 0 Å². The summed E-state index contributed by atoms with van der Waals surface area (Å²) in [6.07, 6.45) is -1.38. The van der Waals surface area contributed by atoms with Crippen molar-refractivity contribution in [1.82, 2.24) is 19.9 Å². The number of benzene rings is 1. The van der Waals surface area contributed by atoms with Gasteiger partial charge in [-0.3, -0.25) is 4.68 Å². The van der Waals surface area contributed by atoms with Crippen LogP contribution in [0.5, 0.6) is 0 Å². The molecule has 0 bridgehead atoms. The summed E-state index contributed by atoms with van der Waals surface area (Å²) in [5.74, 6) is 0.723. The van der Waals surface area contributed by atoms with Crippen LogP contribution in [0.2, 0.25) is 0 Å². The van der Waals surface area contributed by atoms with E-state index in [2.05, 4.69) is 15.2 Å². The van der Waals surface area contributed by atoms with Crippen LogP contribution in [0.15, 0.2) is 41.1 Å². The molecule has 0 radical (unpaired) electrons. The summed E-state index contributed by atoms with van der Waals surface area (Å²) < 4.78 is 45.8. The van der Waals surface area contributed by atoms with Gasteiger partial charge < -0.3 is 4.52 Å². The van der Waals surface area contributed by atoms with E-state index in [-0.39, 0.29) is 0 Å². The Labute approximate surface area is 135 Å². The molecule has 0 spiro atoms. The van der Waals surface area contributed by atoms with Gasteiger partial charge in [-0.15, -0.1) is 0 Å². The van der Waals surface area contributed by atoms with Crippen molar-refractivity contribution >= 4 is 0 Å². The van der Waals surface area contributed by atoms with E-state index in [0.29, 0.717) is 35.8 Å². The highest BCUT2D eigenvalue weighted by Crippen LogP contribution is 2.53. The topological polar surface area (TPSA) is 56.7 Å². The van der Waals surface area contributed by atoms with Crippen molar-refractivity contribution in [2.75, 3.05) is 0 Å². The minimum absolute atomic E-state index is 0.309. The van der Waals surface area contributed by atoms with Gasteiger partial charge in [-0.1, -0.05) is 23.4 Å². The number of rotatable bonds is 3. The number of alkyl halides is 3. The predicted molar refractivity (Wildman–Crippen MR) is 78.0 cm³/mol. The molecule has 8 heteroatoms. The van der Waals surface area contributed by atoms with Gasteiger partial charge in [-0.05, 0) is 30.5 Å². The van der Waals surface area contributed by atoms with E-state index in [4.69, 9.17) is 4.52 Å². The Morgan fingerprint density at radius 1 is 1.21 bits per heavy atom. The fraction of sp³-hybridized carbons (Fsp3) is 0.312. The summed E-state index contributed by atoms with van der Waals surface area (Å²) in [5, 5.41) is 8.05. The maximum absolute atomic E-state index is 13.0. The second-order valence-electron chi connectivity index (χ2n) is 5.92. The number of aryl methyl sites for hydroxylation is 1. The van der Waals surface area contributed by atoms with Crippen molar-refractivity contribution in [2.24, 2.45) is 7.05 Å². The molecule has 4 rings (SSSR count). The number of aromatic nitrogens is 4. The lowest BCUT2D eigenvalue weighted by molar-refractivity contribution is -0.137. The van der Waals surface area contributed by atoms with Crippen LogP contribution in [0.4, 0.5) is 13.2 Å². The number of nitrogens with zero attached hydrogens (tertiary/aromatic N) is 4. The molecule has 1 fully saturated rings. The quantitative estimate of drug-likeness (QED) is 0.735. The molecule has 2 aromatic heterocycles. The number of halogens is 3. The fourth-order valence-electron chi connectivity index (χ4n) is 2.87. The van der Waals surface area contributed by atoms with E-state index in [0.717, 1.165) is 6.07 Å². The summed E-state index contributed by atoms with van der Waals surface area (Å²) in [5.41, 5.74) is -0.0355. The SMILES string of the molecule is Cn1nccc1-c1nc(C2(c3cccc(C(F)(F)F)c3)CC2)no1. The lowest BCUT2D eigenvalue weighted by atomic mass is 9.93. The molecule has 3 aromatic rings. The second kappa shape index (κ2) is 4.93. The molecule has 24 heavy (non-hydrogen) atoms. The number of hydrogen-bond acceptors (Lipinski definition) is 4. The molecule has 0 amide bonds. The van der Waals surface area contributed by atoms with Crippen molar-refractivity contribution in [2.45, 2.75) is 24.4 Å². The first-order valence-corrected chi connectivity index (χ1v) is 7.40. The molecule has 0 saturated heterocycles. The first-order valence-electron chi connectivity index (χ1n) is 7.40. The van der Waals surface area contributed by atoms with E-state index < -0.39 is 17.2 Å². The van der Waals surface area contributed by atoms with Crippen LogP contribution in [0.3, 0.4) is 0 Å². The van der Waals surface area contributed by atoms with Crippen LogP contribution in [0, 0.1) is 0 Å². The summed E-state index contributed by atoms with van der Waals surface area (Å²) in [7, 11) is 1.75. The van der Waals surface area contributed by atoms with Crippen LogP contribution in [-0.2, 0) is 18.6 Å². The molecule has 5 nitrogen and oxygen atoms in total.